The zero-order chi connectivity index (χ0) is 21.8. The van der Waals surface area contributed by atoms with Crippen molar-refractivity contribution >= 4 is 11.8 Å². The molecule has 2 rings (SSSR count). The third kappa shape index (κ3) is 4.85. The van der Waals surface area contributed by atoms with Crippen LogP contribution in [0.2, 0.25) is 0 Å². The molecule has 1 aromatic rings. The molecule has 1 aromatic carbocycles. The summed E-state index contributed by atoms with van der Waals surface area (Å²) in [6.07, 6.45) is 4.30. The Balaban J connectivity index is 2.49. The van der Waals surface area contributed by atoms with Gasteiger partial charge in [0.25, 0.3) is 0 Å². The summed E-state index contributed by atoms with van der Waals surface area (Å²) in [6.45, 7) is 6.95. The summed E-state index contributed by atoms with van der Waals surface area (Å²) < 4.78 is 5.12. The number of carboxylic acids is 1. The number of ketones is 1. The van der Waals surface area contributed by atoms with Crippen LogP contribution in [0.4, 0.5) is 0 Å². The van der Waals surface area contributed by atoms with Gasteiger partial charge in [-0.15, -0.1) is 0 Å². The number of methoxy groups -OCH3 is 1. The molecule has 0 heterocycles. The van der Waals surface area contributed by atoms with E-state index in [0.29, 0.717) is 16.9 Å². The van der Waals surface area contributed by atoms with Crippen molar-refractivity contribution in [2.45, 2.75) is 39.7 Å². The van der Waals surface area contributed by atoms with Crippen LogP contribution < -0.4 is 4.74 Å². The second-order valence-electron chi connectivity index (χ2n) is 7.79. The number of hydrogen-bond acceptors (Lipinski definition) is 4. The number of ether oxygens (including phenoxy) is 1. The summed E-state index contributed by atoms with van der Waals surface area (Å²) in [6, 6.07) is 7.16. The molecule has 0 spiro atoms. The molecule has 1 atom stereocenters. The second kappa shape index (κ2) is 8.50. The van der Waals surface area contributed by atoms with Gasteiger partial charge in [-0.1, -0.05) is 31.8 Å². The van der Waals surface area contributed by atoms with Crippen molar-refractivity contribution in [2.75, 3.05) is 7.11 Å². The Morgan fingerprint density at radius 3 is 2.38 bits per heavy atom. The number of carboxylic acid groups (broad SMARTS) is 1. The predicted molar refractivity (Wildman–Crippen MR) is 111 cm³/mol. The summed E-state index contributed by atoms with van der Waals surface area (Å²) >= 11 is 0. The van der Waals surface area contributed by atoms with Crippen LogP contribution in [0.25, 0.3) is 0 Å². The van der Waals surface area contributed by atoms with Crippen LogP contribution in [0.5, 0.6) is 5.75 Å². The van der Waals surface area contributed by atoms with Crippen molar-refractivity contribution in [2.24, 2.45) is 5.41 Å². The van der Waals surface area contributed by atoms with E-state index < -0.39 is 17.0 Å². The molecule has 0 aliphatic heterocycles. The second-order valence-corrected chi connectivity index (χ2v) is 7.79. The number of allylic oxidation sites excluding steroid dienone is 3. The van der Waals surface area contributed by atoms with Gasteiger partial charge >= 0.3 is 5.97 Å². The molecular formula is C24H26O5. The Morgan fingerprint density at radius 2 is 1.83 bits per heavy atom. The monoisotopic (exact) mass is 394 g/mol. The summed E-state index contributed by atoms with van der Waals surface area (Å²) in [5, 5.41) is 20.3. The van der Waals surface area contributed by atoms with Gasteiger partial charge in [-0.2, -0.15) is 0 Å². The SMILES string of the molecule is COc1ccc(C#CC2=C(C)[C@](O)(/C=C/C(C)=C\C(=O)O)C(C)(C)CC2=O)cc1. The van der Waals surface area contributed by atoms with Crippen LogP contribution in [-0.2, 0) is 9.59 Å². The molecule has 0 amide bonds. The smallest absolute Gasteiger partial charge is 0.328 e. The Labute approximate surface area is 171 Å². The number of carbonyl (C=O) groups excluding carboxylic acids is 1. The van der Waals surface area contributed by atoms with E-state index in [1.807, 2.05) is 13.8 Å². The topological polar surface area (TPSA) is 83.8 Å². The Kier molecular flexibility index (Phi) is 6.51. The van der Waals surface area contributed by atoms with E-state index in [-0.39, 0.29) is 17.8 Å². The molecule has 5 heteroatoms. The molecule has 0 unspecified atom stereocenters. The molecular weight excluding hydrogens is 368 g/mol. The van der Waals surface area contributed by atoms with Gasteiger partial charge in [0.2, 0.25) is 0 Å². The van der Waals surface area contributed by atoms with Gasteiger partial charge in [0.05, 0.1) is 12.7 Å². The van der Waals surface area contributed by atoms with E-state index in [1.165, 1.54) is 0 Å². The Hall–Kier alpha value is -3.10. The third-order valence-electron chi connectivity index (χ3n) is 5.22. The van der Waals surface area contributed by atoms with Crippen molar-refractivity contribution in [3.05, 3.63) is 64.8 Å². The van der Waals surface area contributed by atoms with Crippen LogP contribution >= 0.6 is 0 Å². The molecule has 0 fully saturated rings. The van der Waals surface area contributed by atoms with E-state index in [2.05, 4.69) is 11.8 Å². The maximum atomic E-state index is 12.7. The predicted octanol–water partition coefficient (Wildman–Crippen LogP) is 3.68. The summed E-state index contributed by atoms with van der Waals surface area (Å²) in [5.74, 6) is 5.43. The van der Waals surface area contributed by atoms with Crippen LogP contribution in [0.1, 0.15) is 39.7 Å². The van der Waals surface area contributed by atoms with Crippen molar-refractivity contribution in [1.82, 2.24) is 0 Å². The zero-order valence-corrected chi connectivity index (χ0v) is 17.4. The third-order valence-corrected chi connectivity index (χ3v) is 5.22. The summed E-state index contributed by atoms with van der Waals surface area (Å²) in [5.41, 5.74) is -0.246. The van der Waals surface area contributed by atoms with Crippen LogP contribution in [-0.4, -0.2) is 34.7 Å². The fourth-order valence-electron chi connectivity index (χ4n) is 3.35. The number of hydrogen-bond donors (Lipinski definition) is 2. The van der Waals surface area contributed by atoms with Gasteiger partial charge in [0, 0.05) is 23.5 Å². The van der Waals surface area contributed by atoms with E-state index in [9.17, 15) is 14.7 Å². The minimum atomic E-state index is -1.43. The van der Waals surface area contributed by atoms with Crippen molar-refractivity contribution in [1.29, 1.82) is 0 Å². The van der Waals surface area contributed by atoms with Crippen molar-refractivity contribution < 1.29 is 24.5 Å². The molecule has 1 aliphatic rings. The number of aliphatic carboxylic acids is 1. The molecule has 1 aliphatic carbocycles. The first-order chi connectivity index (χ1) is 13.5. The highest BCUT2D eigenvalue weighted by atomic mass is 16.5. The van der Waals surface area contributed by atoms with Crippen LogP contribution in [0.3, 0.4) is 0 Å². The van der Waals surface area contributed by atoms with Gasteiger partial charge < -0.3 is 14.9 Å². The van der Waals surface area contributed by atoms with Gasteiger partial charge in [-0.05, 0) is 55.3 Å². The minimum Gasteiger partial charge on any atom is -0.497 e. The lowest BCUT2D eigenvalue weighted by atomic mass is 9.62. The standard InChI is InChI=1S/C24H26O5/c1-16(14-22(26)27)12-13-24(28)17(2)20(21(25)15-23(24,3)4)11-8-18-6-9-19(29-5)10-7-18/h6-7,9-10,12-14,28H,15H2,1-5H3,(H,26,27)/b13-12+,16-14-/t24-/m1/s1. The molecule has 29 heavy (non-hydrogen) atoms. The average molecular weight is 394 g/mol. The molecule has 0 radical (unpaired) electrons. The number of carbonyl (C=O) groups is 2. The lowest BCUT2D eigenvalue weighted by Crippen LogP contribution is -2.49. The maximum absolute atomic E-state index is 12.7. The first kappa shape index (κ1) is 22.2. The highest BCUT2D eigenvalue weighted by Gasteiger charge is 2.49. The van der Waals surface area contributed by atoms with Gasteiger partial charge in [-0.25, -0.2) is 4.79 Å². The molecule has 0 aromatic heterocycles. The van der Waals surface area contributed by atoms with E-state index in [4.69, 9.17) is 9.84 Å². The first-order valence-electron chi connectivity index (χ1n) is 9.23. The quantitative estimate of drug-likeness (QED) is 0.462. The highest BCUT2D eigenvalue weighted by molar-refractivity contribution is 6.02. The lowest BCUT2D eigenvalue weighted by Gasteiger charge is -2.45. The lowest BCUT2D eigenvalue weighted by molar-refractivity contribution is -0.131. The van der Waals surface area contributed by atoms with Crippen LogP contribution in [0, 0.1) is 17.3 Å². The minimum absolute atomic E-state index is 0.121. The average Bonchev–Trinajstić information content (AvgIpc) is 2.64. The van der Waals surface area contributed by atoms with Gasteiger partial charge in [-0.3, -0.25) is 4.79 Å². The van der Waals surface area contributed by atoms with Crippen molar-refractivity contribution in [3.8, 4) is 17.6 Å². The number of rotatable bonds is 4. The summed E-state index contributed by atoms with van der Waals surface area (Å²) in [7, 11) is 1.58. The van der Waals surface area contributed by atoms with Gasteiger partial charge in [0.1, 0.15) is 11.4 Å². The first-order valence-corrected chi connectivity index (χ1v) is 9.23. The largest absolute Gasteiger partial charge is 0.497 e. The molecule has 0 saturated carbocycles. The molecule has 0 saturated heterocycles. The van der Waals surface area contributed by atoms with E-state index >= 15 is 0 Å². The maximum Gasteiger partial charge on any atom is 0.328 e. The highest BCUT2D eigenvalue weighted by Crippen LogP contribution is 2.46. The van der Waals surface area contributed by atoms with Crippen LogP contribution in [0.15, 0.2) is 59.2 Å². The van der Waals surface area contributed by atoms with Gasteiger partial charge in [0.15, 0.2) is 5.78 Å². The molecule has 5 nitrogen and oxygen atoms in total. The molecule has 152 valence electrons. The fourth-order valence-corrected chi connectivity index (χ4v) is 3.35. The zero-order valence-electron chi connectivity index (χ0n) is 17.4. The van der Waals surface area contributed by atoms with E-state index in [0.717, 1.165) is 11.6 Å². The Morgan fingerprint density at radius 1 is 1.21 bits per heavy atom. The molecule has 0 bridgehead atoms. The molecule has 2 N–H and O–H groups in total. The van der Waals surface area contributed by atoms with E-state index in [1.54, 1.807) is 57.4 Å². The number of Topliss-reactive ketones (excluding diaryl/α,β-unsaturated/α-hetero) is 1. The summed E-state index contributed by atoms with van der Waals surface area (Å²) in [4.78, 5) is 23.5. The number of aliphatic hydroxyl groups is 1. The van der Waals surface area contributed by atoms with Crippen molar-refractivity contribution in [3.63, 3.8) is 0 Å². The normalized spacial score (nSPS) is 21.7. The Bertz CT molecular complexity index is 965. The number of benzene rings is 1. The fraction of sp³-hybridized carbons (Fsp3) is 0.333.